The van der Waals surface area contributed by atoms with Crippen molar-refractivity contribution in [3.8, 4) is 12.1 Å². The topological polar surface area (TPSA) is 84.9 Å². The molecular weight excluding hydrogens is 175 g/mol. The molecule has 0 aliphatic rings. The van der Waals surface area contributed by atoms with E-state index in [1.807, 2.05) is 12.1 Å². The predicted octanol–water partition coefficient (Wildman–Crippen LogP) is 1.13. The highest BCUT2D eigenvalue weighted by Gasteiger charge is 2.19. The molecule has 4 nitrogen and oxygen atoms in total. The van der Waals surface area contributed by atoms with E-state index in [1.165, 1.54) is 0 Å². The van der Waals surface area contributed by atoms with E-state index in [0.717, 1.165) is 0 Å². The molecule has 0 radical (unpaired) electrons. The minimum absolute atomic E-state index is 0.184. The number of nitrogens with zero attached hydrogens (tertiary/aromatic N) is 2. The molecule has 0 amide bonds. The van der Waals surface area contributed by atoms with Gasteiger partial charge in [-0.2, -0.15) is 10.5 Å². The van der Waals surface area contributed by atoms with Gasteiger partial charge in [0.25, 0.3) is 0 Å². The first kappa shape index (κ1) is 11.2. The highest BCUT2D eigenvalue weighted by molar-refractivity contribution is 7.63. The first-order valence-corrected chi connectivity index (χ1v) is 5.86. The second-order valence-electron chi connectivity index (χ2n) is 2.46. The van der Waals surface area contributed by atoms with Gasteiger partial charge >= 0.3 is 0 Å². The molecule has 0 aromatic rings. The summed E-state index contributed by atoms with van der Waals surface area (Å²) < 4.78 is 11.5. The SMILES string of the molecule is N#CCCP(=O)(CO)CCC#N. The average Bonchev–Trinajstić information content (AvgIpc) is 2.11. The van der Waals surface area contributed by atoms with E-state index in [0.29, 0.717) is 0 Å². The molecule has 0 bridgehead atoms. The first-order chi connectivity index (χ1) is 5.68. The van der Waals surface area contributed by atoms with Crippen LogP contribution in [0.3, 0.4) is 0 Å². The van der Waals surface area contributed by atoms with Crippen LogP contribution in [0.5, 0.6) is 0 Å². The van der Waals surface area contributed by atoms with Gasteiger partial charge in [0, 0.05) is 25.2 Å². The fourth-order valence-corrected chi connectivity index (χ4v) is 2.28. The highest BCUT2D eigenvalue weighted by Crippen LogP contribution is 2.45. The van der Waals surface area contributed by atoms with Crippen LogP contribution < -0.4 is 0 Å². The van der Waals surface area contributed by atoms with Gasteiger partial charge in [-0.1, -0.05) is 0 Å². The Labute approximate surface area is 71.8 Å². The third-order valence-corrected chi connectivity index (χ3v) is 4.11. The zero-order chi connectivity index (χ0) is 9.45. The third kappa shape index (κ3) is 4.13. The first-order valence-electron chi connectivity index (χ1n) is 3.60. The van der Waals surface area contributed by atoms with Gasteiger partial charge in [0.05, 0.1) is 18.5 Å². The summed E-state index contributed by atoms with van der Waals surface area (Å²) in [7, 11) is -2.62. The molecule has 0 aromatic heterocycles. The van der Waals surface area contributed by atoms with Crippen molar-refractivity contribution < 1.29 is 9.67 Å². The fourth-order valence-electron chi connectivity index (χ4n) is 0.761. The molecule has 0 saturated carbocycles. The number of hydrogen-bond donors (Lipinski definition) is 1. The van der Waals surface area contributed by atoms with Crippen molar-refractivity contribution in [2.24, 2.45) is 0 Å². The Bertz CT molecular complexity index is 229. The minimum Gasteiger partial charge on any atom is -0.389 e. The number of rotatable bonds is 5. The van der Waals surface area contributed by atoms with Crippen LogP contribution in [0, 0.1) is 22.7 Å². The molecule has 1 N–H and O–H groups in total. The Morgan fingerprint density at radius 1 is 1.17 bits per heavy atom. The Morgan fingerprint density at radius 2 is 1.58 bits per heavy atom. The highest BCUT2D eigenvalue weighted by atomic mass is 31.2. The molecule has 0 aromatic carbocycles. The van der Waals surface area contributed by atoms with Crippen molar-refractivity contribution in [2.45, 2.75) is 12.8 Å². The van der Waals surface area contributed by atoms with Gasteiger partial charge < -0.3 is 9.67 Å². The van der Waals surface area contributed by atoms with Crippen molar-refractivity contribution >= 4 is 7.14 Å². The molecule has 0 aliphatic heterocycles. The lowest BCUT2D eigenvalue weighted by Gasteiger charge is -2.10. The van der Waals surface area contributed by atoms with Gasteiger partial charge in [-0.3, -0.25) is 0 Å². The van der Waals surface area contributed by atoms with Crippen LogP contribution in [-0.2, 0) is 4.57 Å². The van der Waals surface area contributed by atoms with Gasteiger partial charge in [-0.25, -0.2) is 0 Å². The lowest BCUT2D eigenvalue weighted by atomic mass is 10.5. The summed E-state index contributed by atoms with van der Waals surface area (Å²) in [4.78, 5) is 0. The van der Waals surface area contributed by atoms with Crippen molar-refractivity contribution in [3.63, 3.8) is 0 Å². The number of aliphatic hydroxyl groups is 1. The Hall–Kier alpha value is -0.830. The molecular formula is C7H11N2O2P. The van der Waals surface area contributed by atoms with E-state index in [9.17, 15) is 4.57 Å². The van der Waals surface area contributed by atoms with Crippen molar-refractivity contribution in [1.82, 2.24) is 0 Å². The molecule has 0 atom stereocenters. The number of aliphatic hydroxyl groups excluding tert-OH is 1. The van der Waals surface area contributed by atoms with Gasteiger partial charge in [0.2, 0.25) is 0 Å². The van der Waals surface area contributed by atoms with E-state index in [-0.39, 0.29) is 25.2 Å². The second kappa shape index (κ2) is 5.77. The number of nitriles is 2. The maximum Gasteiger partial charge on any atom is 0.114 e. The molecule has 12 heavy (non-hydrogen) atoms. The molecule has 0 aliphatic carbocycles. The van der Waals surface area contributed by atoms with Crippen LogP contribution in [0.25, 0.3) is 0 Å². The van der Waals surface area contributed by atoms with Crippen molar-refractivity contribution in [1.29, 1.82) is 10.5 Å². The van der Waals surface area contributed by atoms with Gasteiger partial charge in [0.1, 0.15) is 7.14 Å². The maximum absolute atomic E-state index is 11.5. The van der Waals surface area contributed by atoms with E-state index in [2.05, 4.69) is 0 Å². The van der Waals surface area contributed by atoms with E-state index in [4.69, 9.17) is 15.6 Å². The molecule has 0 rings (SSSR count). The Balaban J connectivity index is 4.00. The monoisotopic (exact) mass is 186 g/mol. The summed E-state index contributed by atoms with van der Waals surface area (Å²) in [5.41, 5.74) is 0. The van der Waals surface area contributed by atoms with E-state index >= 15 is 0 Å². The second-order valence-corrected chi connectivity index (χ2v) is 5.76. The van der Waals surface area contributed by atoms with Crippen LogP contribution >= 0.6 is 7.14 Å². The minimum atomic E-state index is -2.62. The third-order valence-electron chi connectivity index (χ3n) is 1.52. The van der Waals surface area contributed by atoms with Crippen LogP contribution in [0.15, 0.2) is 0 Å². The van der Waals surface area contributed by atoms with E-state index in [1.54, 1.807) is 0 Å². The van der Waals surface area contributed by atoms with Crippen LogP contribution in [0.2, 0.25) is 0 Å². The van der Waals surface area contributed by atoms with Gasteiger partial charge in [-0.05, 0) is 0 Å². The van der Waals surface area contributed by atoms with Crippen LogP contribution in [0.1, 0.15) is 12.8 Å². The van der Waals surface area contributed by atoms with E-state index < -0.39 is 13.5 Å². The summed E-state index contributed by atoms with van der Waals surface area (Å²) in [5.74, 6) is 0. The van der Waals surface area contributed by atoms with Crippen LogP contribution in [-0.4, -0.2) is 23.8 Å². The molecule has 0 unspecified atom stereocenters. The molecule has 5 heteroatoms. The predicted molar refractivity (Wildman–Crippen MR) is 44.9 cm³/mol. The van der Waals surface area contributed by atoms with Crippen molar-refractivity contribution in [2.75, 3.05) is 18.7 Å². The molecule has 0 saturated heterocycles. The average molecular weight is 186 g/mol. The van der Waals surface area contributed by atoms with Gasteiger partial charge in [0.15, 0.2) is 0 Å². The zero-order valence-electron chi connectivity index (χ0n) is 6.73. The lowest BCUT2D eigenvalue weighted by Crippen LogP contribution is -1.98. The molecule has 66 valence electrons. The number of hydrogen-bond acceptors (Lipinski definition) is 4. The van der Waals surface area contributed by atoms with Crippen molar-refractivity contribution in [3.05, 3.63) is 0 Å². The summed E-state index contributed by atoms with van der Waals surface area (Å²) in [6.07, 6.45) is 0.423. The molecule has 0 heterocycles. The molecule has 0 spiro atoms. The maximum atomic E-state index is 11.5. The summed E-state index contributed by atoms with van der Waals surface area (Å²) in [6.45, 7) is 0. The Kier molecular flexibility index (Phi) is 5.37. The molecule has 0 fully saturated rings. The largest absolute Gasteiger partial charge is 0.389 e. The standard InChI is InChI=1S/C7H11N2O2P/c8-3-1-5-12(11,7-10)6-2-4-9/h10H,1-2,5-7H2. The smallest absolute Gasteiger partial charge is 0.114 e. The summed E-state index contributed by atoms with van der Waals surface area (Å²) in [5, 5.41) is 25.2. The Morgan fingerprint density at radius 3 is 1.83 bits per heavy atom. The van der Waals surface area contributed by atoms with Crippen LogP contribution in [0.4, 0.5) is 0 Å². The normalized spacial score (nSPS) is 10.2. The summed E-state index contributed by atoms with van der Waals surface area (Å²) in [6, 6.07) is 3.74. The quantitative estimate of drug-likeness (QED) is 0.652. The summed E-state index contributed by atoms with van der Waals surface area (Å²) >= 11 is 0. The van der Waals surface area contributed by atoms with Gasteiger partial charge in [-0.15, -0.1) is 0 Å². The fraction of sp³-hybridized carbons (Fsp3) is 0.714. The zero-order valence-corrected chi connectivity index (χ0v) is 7.63. The lowest BCUT2D eigenvalue weighted by molar-refractivity contribution is 0.357.